The first kappa shape index (κ1) is 15.4. The summed E-state index contributed by atoms with van der Waals surface area (Å²) in [5.41, 5.74) is 0.530. The molecule has 116 valence electrons. The Hall–Kier alpha value is -0.480. The number of rotatable bonds is 3. The SMILES string of the molecule is Cc1ccc(CC(C)NC2=NCC3(CCCCC3)CS2)s1. The summed E-state index contributed by atoms with van der Waals surface area (Å²) in [5.74, 6) is 1.27. The summed E-state index contributed by atoms with van der Waals surface area (Å²) in [6, 6.07) is 4.94. The number of thioether (sulfide) groups is 1. The number of thiophene rings is 1. The van der Waals surface area contributed by atoms with Gasteiger partial charge in [0, 0.05) is 34.5 Å². The Kier molecular flexibility index (Phi) is 4.95. The van der Waals surface area contributed by atoms with Gasteiger partial charge >= 0.3 is 0 Å². The molecule has 1 saturated carbocycles. The molecule has 0 aromatic carbocycles. The number of hydrogen-bond acceptors (Lipinski definition) is 4. The van der Waals surface area contributed by atoms with E-state index in [4.69, 9.17) is 4.99 Å². The Balaban J connectivity index is 1.51. The average Bonchev–Trinajstić information content (AvgIpc) is 2.88. The Morgan fingerprint density at radius 3 is 2.71 bits per heavy atom. The van der Waals surface area contributed by atoms with E-state index >= 15 is 0 Å². The molecule has 0 amide bonds. The third-order valence-corrected chi connectivity index (χ3v) is 6.96. The van der Waals surface area contributed by atoms with E-state index < -0.39 is 0 Å². The second-order valence-electron chi connectivity index (χ2n) is 6.73. The smallest absolute Gasteiger partial charge is 0.156 e. The molecule has 1 atom stereocenters. The van der Waals surface area contributed by atoms with Crippen LogP contribution in [0.1, 0.15) is 48.8 Å². The zero-order chi connectivity index (χ0) is 14.7. The van der Waals surface area contributed by atoms with Gasteiger partial charge in [-0.25, -0.2) is 0 Å². The molecule has 1 aromatic rings. The first-order chi connectivity index (χ1) is 10.2. The molecule has 0 saturated heterocycles. The van der Waals surface area contributed by atoms with Crippen molar-refractivity contribution in [3.05, 3.63) is 21.9 Å². The van der Waals surface area contributed by atoms with Gasteiger partial charge < -0.3 is 5.32 Å². The van der Waals surface area contributed by atoms with E-state index in [2.05, 4.69) is 31.3 Å². The predicted molar refractivity (Wildman–Crippen MR) is 95.6 cm³/mol. The Morgan fingerprint density at radius 1 is 1.29 bits per heavy atom. The average molecular weight is 323 g/mol. The molecule has 1 aromatic heterocycles. The molecule has 2 nitrogen and oxygen atoms in total. The molecule has 2 aliphatic rings. The molecular formula is C17H26N2S2. The number of nitrogens with one attached hydrogen (secondary N) is 1. The van der Waals surface area contributed by atoms with Crippen LogP contribution in [-0.4, -0.2) is 23.5 Å². The number of aryl methyl sites for hydroxylation is 1. The van der Waals surface area contributed by atoms with Crippen LogP contribution in [0.5, 0.6) is 0 Å². The van der Waals surface area contributed by atoms with E-state index in [-0.39, 0.29) is 0 Å². The Bertz CT molecular complexity index is 501. The summed E-state index contributed by atoms with van der Waals surface area (Å²) < 4.78 is 0. The molecule has 1 aliphatic heterocycles. The van der Waals surface area contributed by atoms with Crippen LogP contribution in [0.3, 0.4) is 0 Å². The Morgan fingerprint density at radius 2 is 2.10 bits per heavy atom. The monoisotopic (exact) mass is 322 g/mol. The zero-order valence-electron chi connectivity index (χ0n) is 13.2. The van der Waals surface area contributed by atoms with Crippen molar-refractivity contribution < 1.29 is 0 Å². The lowest BCUT2D eigenvalue weighted by atomic mass is 9.75. The highest BCUT2D eigenvalue weighted by molar-refractivity contribution is 8.13. The van der Waals surface area contributed by atoms with Crippen molar-refractivity contribution in [1.82, 2.24) is 5.32 Å². The van der Waals surface area contributed by atoms with Crippen LogP contribution < -0.4 is 5.32 Å². The fourth-order valence-electron chi connectivity index (χ4n) is 3.40. The van der Waals surface area contributed by atoms with Crippen LogP contribution in [0.25, 0.3) is 0 Å². The number of hydrogen-bond donors (Lipinski definition) is 1. The van der Waals surface area contributed by atoms with E-state index in [1.807, 2.05) is 23.1 Å². The van der Waals surface area contributed by atoms with E-state index in [1.165, 1.54) is 52.8 Å². The van der Waals surface area contributed by atoms with Crippen LogP contribution in [0.2, 0.25) is 0 Å². The van der Waals surface area contributed by atoms with Crippen LogP contribution in [0, 0.1) is 12.3 Å². The lowest BCUT2D eigenvalue weighted by molar-refractivity contribution is 0.232. The fraction of sp³-hybridized carbons (Fsp3) is 0.706. The van der Waals surface area contributed by atoms with Crippen molar-refractivity contribution in [3.8, 4) is 0 Å². The van der Waals surface area contributed by atoms with Gasteiger partial charge in [0.25, 0.3) is 0 Å². The molecule has 4 heteroatoms. The molecule has 1 unspecified atom stereocenters. The highest BCUT2D eigenvalue weighted by Gasteiger charge is 2.34. The van der Waals surface area contributed by atoms with E-state index in [0.717, 1.165) is 13.0 Å². The van der Waals surface area contributed by atoms with Crippen LogP contribution in [0.15, 0.2) is 17.1 Å². The highest BCUT2D eigenvalue weighted by Crippen LogP contribution is 2.41. The van der Waals surface area contributed by atoms with Crippen LogP contribution in [-0.2, 0) is 6.42 Å². The summed E-state index contributed by atoms with van der Waals surface area (Å²) >= 11 is 3.86. The third-order valence-electron chi connectivity index (χ3n) is 4.66. The molecule has 1 N–H and O–H groups in total. The topological polar surface area (TPSA) is 24.4 Å². The van der Waals surface area contributed by atoms with Crippen molar-refractivity contribution in [2.45, 2.75) is 58.4 Å². The van der Waals surface area contributed by atoms with Crippen molar-refractivity contribution >= 4 is 28.3 Å². The molecule has 1 aliphatic carbocycles. The molecule has 21 heavy (non-hydrogen) atoms. The van der Waals surface area contributed by atoms with E-state index in [9.17, 15) is 0 Å². The van der Waals surface area contributed by atoms with Gasteiger partial charge in [-0.05, 0) is 44.2 Å². The third kappa shape index (κ3) is 4.04. The van der Waals surface area contributed by atoms with Gasteiger partial charge in [-0.2, -0.15) is 0 Å². The van der Waals surface area contributed by atoms with E-state index in [0.29, 0.717) is 11.5 Å². The van der Waals surface area contributed by atoms with Gasteiger partial charge in [-0.15, -0.1) is 11.3 Å². The van der Waals surface area contributed by atoms with Gasteiger partial charge in [0.1, 0.15) is 0 Å². The summed E-state index contributed by atoms with van der Waals surface area (Å²) in [4.78, 5) is 7.74. The second kappa shape index (κ2) is 6.74. The normalized spacial score (nSPS) is 22.9. The fourth-order valence-corrected chi connectivity index (χ4v) is 5.68. The van der Waals surface area contributed by atoms with Gasteiger partial charge in [0.15, 0.2) is 5.17 Å². The summed E-state index contributed by atoms with van der Waals surface area (Å²) in [6.07, 6.45) is 8.13. The largest absolute Gasteiger partial charge is 0.362 e. The summed E-state index contributed by atoms with van der Waals surface area (Å²) in [5, 5.41) is 4.79. The van der Waals surface area contributed by atoms with Crippen molar-refractivity contribution in [1.29, 1.82) is 0 Å². The van der Waals surface area contributed by atoms with Gasteiger partial charge in [-0.3, -0.25) is 4.99 Å². The quantitative estimate of drug-likeness (QED) is 0.877. The molecule has 1 spiro atoms. The van der Waals surface area contributed by atoms with Crippen LogP contribution in [0.4, 0.5) is 0 Å². The van der Waals surface area contributed by atoms with E-state index in [1.54, 1.807) is 0 Å². The minimum atomic E-state index is 0.467. The van der Waals surface area contributed by atoms with Crippen LogP contribution >= 0.6 is 23.1 Å². The molecule has 1 fully saturated rings. The second-order valence-corrected chi connectivity index (χ2v) is 9.07. The summed E-state index contributed by atoms with van der Waals surface area (Å²) in [6.45, 7) is 5.49. The van der Waals surface area contributed by atoms with Gasteiger partial charge in [-0.1, -0.05) is 31.0 Å². The van der Waals surface area contributed by atoms with Crippen molar-refractivity contribution in [2.24, 2.45) is 10.4 Å². The van der Waals surface area contributed by atoms with Crippen molar-refractivity contribution in [2.75, 3.05) is 12.3 Å². The first-order valence-corrected chi connectivity index (χ1v) is 9.95. The predicted octanol–water partition coefficient (Wildman–Crippen LogP) is 4.63. The molecule has 3 rings (SSSR count). The van der Waals surface area contributed by atoms with Crippen molar-refractivity contribution in [3.63, 3.8) is 0 Å². The lowest BCUT2D eigenvalue weighted by Crippen LogP contribution is -2.39. The maximum Gasteiger partial charge on any atom is 0.156 e. The Labute approximate surface area is 136 Å². The highest BCUT2D eigenvalue weighted by atomic mass is 32.2. The zero-order valence-corrected chi connectivity index (χ0v) is 14.8. The number of aliphatic imine (C=N–C) groups is 1. The summed E-state index contributed by atoms with van der Waals surface area (Å²) in [7, 11) is 0. The van der Waals surface area contributed by atoms with Gasteiger partial charge in [0.2, 0.25) is 0 Å². The minimum Gasteiger partial charge on any atom is -0.362 e. The number of nitrogens with zero attached hydrogens (tertiary/aromatic N) is 1. The molecule has 0 bridgehead atoms. The minimum absolute atomic E-state index is 0.467. The molecule has 0 radical (unpaired) electrons. The maximum atomic E-state index is 4.87. The van der Waals surface area contributed by atoms with Gasteiger partial charge in [0.05, 0.1) is 0 Å². The number of amidine groups is 1. The lowest BCUT2D eigenvalue weighted by Gasteiger charge is -2.38. The first-order valence-electron chi connectivity index (χ1n) is 8.14. The standard InChI is InChI=1S/C17H26N2S2/c1-13(10-15-7-6-14(2)21-15)19-16-18-11-17(12-20-16)8-4-3-5-9-17/h6-7,13H,3-5,8-12H2,1-2H3,(H,18,19). The molecular weight excluding hydrogens is 296 g/mol. The molecule has 2 heterocycles. The maximum absolute atomic E-state index is 4.87.